The third-order valence-electron chi connectivity index (χ3n) is 7.30. The number of likely N-dealkylation sites (tertiary alicyclic amines) is 1. The molecule has 1 saturated carbocycles. The van der Waals surface area contributed by atoms with E-state index in [1.54, 1.807) is 18.2 Å². The number of carbonyl (C=O) groups is 1. The smallest absolute Gasteiger partial charge is 0.251 e. The average Bonchev–Trinajstić information content (AvgIpc) is 2.86. The van der Waals surface area contributed by atoms with Crippen molar-refractivity contribution in [3.8, 4) is 5.75 Å². The molecule has 0 bridgehead atoms. The molecule has 4 rings (SSSR count). The molecule has 1 aliphatic carbocycles. The van der Waals surface area contributed by atoms with Gasteiger partial charge in [0.1, 0.15) is 17.7 Å². The highest BCUT2D eigenvalue weighted by Gasteiger charge is 2.25. The summed E-state index contributed by atoms with van der Waals surface area (Å²) in [5.41, 5.74) is 0.485. The van der Waals surface area contributed by atoms with E-state index < -0.39 is 9.84 Å². The third kappa shape index (κ3) is 7.43. The second-order valence-electron chi connectivity index (χ2n) is 10.0. The van der Waals surface area contributed by atoms with Crippen molar-refractivity contribution in [3.63, 3.8) is 0 Å². The summed E-state index contributed by atoms with van der Waals surface area (Å²) >= 11 is 6.08. The van der Waals surface area contributed by atoms with Gasteiger partial charge in [0, 0.05) is 31.0 Å². The zero-order valence-corrected chi connectivity index (χ0v) is 22.2. The number of piperidine rings is 1. The maximum atomic E-state index is 13.2. The zero-order valence-electron chi connectivity index (χ0n) is 20.6. The molecule has 196 valence electrons. The molecule has 2 aliphatic rings. The average molecular weight is 537 g/mol. The van der Waals surface area contributed by atoms with E-state index in [1.165, 1.54) is 24.3 Å². The molecule has 0 aromatic heterocycles. The van der Waals surface area contributed by atoms with Crippen molar-refractivity contribution in [2.24, 2.45) is 5.92 Å². The van der Waals surface area contributed by atoms with Crippen LogP contribution in [0.1, 0.15) is 55.3 Å². The van der Waals surface area contributed by atoms with Crippen LogP contribution in [0.3, 0.4) is 0 Å². The van der Waals surface area contributed by atoms with E-state index in [-0.39, 0.29) is 28.8 Å². The summed E-state index contributed by atoms with van der Waals surface area (Å²) in [7, 11) is -3.27. The highest BCUT2D eigenvalue weighted by Crippen LogP contribution is 2.30. The standard InChI is InChI=1S/C27H34ClFN2O4S/c1-36(33,34)24-9-4-20(5-10-24)27(32)30-22-7-2-19(3-8-22)12-15-31-16-13-23(14-17-31)35-26-11-6-21(29)18-25(26)28/h4-6,9-11,18-19,22-23H,2-3,7-8,12-17H2,1H3,(H,30,32)/t19-,22-. The maximum Gasteiger partial charge on any atom is 0.251 e. The fourth-order valence-corrected chi connectivity index (χ4v) is 5.93. The van der Waals surface area contributed by atoms with Gasteiger partial charge in [-0.3, -0.25) is 4.79 Å². The van der Waals surface area contributed by atoms with Crippen molar-refractivity contribution in [2.45, 2.75) is 62.0 Å². The molecule has 2 fully saturated rings. The van der Waals surface area contributed by atoms with Crippen LogP contribution in [0.4, 0.5) is 4.39 Å². The Labute approximate surface area is 218 Å². The molecule has 2 aromatic rings. The Morgan fingerprint density at radius 1 is 1.06 bits per heavy atom. The topological polar surface area (TPSA) is 75.7 Å². The normalized spacial score (nSPS) is 21.8. The Balaban J connectivity index is 1.13. The number of sulfone groups is 1. The van der Waals surface area contributed by atoms with Crippen molar-refractivity contribution < 1.29 is 22.3 Å². The lowest BCUT2D eigenvalue weighted by Crippen LogP contribution is -2.40. The summed E-state index contributed by atoms with van der Waals surface area (Å²) in [5.74, 6) is 0.704. The van der Waals surface area contributed by atoms with Gasteiger partial charge in [-0.05, 0) is 99.9 Å². The number of benzene rings is 2. The van der Waals surface area contributed by atoms with Gasteiger partial charge in [-0.15, -0.1) is 0 Å². The highest BCUT2D eigenvalue weighted by atomic mass is 35.5. The van der Waals surface area contributed by atoms with Crippen molar-refractivity contribution >= 4 is 27.3 Å². The SMILES string of the molecule is CS(=O)(=O)c1ccc(C(=O)N[C@H]2CC[C@H](CCN3CCC(Oc4ccc(F)cc4Cl)CC3)CC2)cc1. The van der Waals surface area contributed by atoms with Crippen LogP contribution in [0.15, 0.2) is 47.4 Å². The van der Waals surface area contributed by atoms with Gasteiger partial charge >= 0.3 is 0 Å². The van der Waals surface area contributed by atoms with Crippen LogP contribution in [0.5, 0.6) is 5.75 Å². The molecule has 6 nitrogen and oxygen atoms in total. The number of carbonyl (C=O) groups excluding carboxylic acids is 1. The summed E-state index contributed by atoms with van der Waals surface area (Å²) in [6.07, 6.45) is 8.40. The van der Waals surface area contributed by atoms with E-state index in [0.29, 0.717) is 22.3 Å². The lowest BCUT2D eigenvalue weighted by molar-refractivity contribution is 0.0897. The molecule has 1 N–H and O–H groups in total. The Morgan fingerprint density at radius 2 is 1.72 bits per heavy atom. The van der Waals surface area contributed by atoms with Gasteiger partial charge in [0.15, 0.2) is 9.84 Å². The fraction of sp³-hybridized carbons (Fsp3) is 0.519. The van der Waals surface area contributed by atoms with Gasteiger partial charge in [-0.25, -0.2) is 12.8 Å². The predicted molar refractivity (Wildman–Crippen MR) is 139 cm³/mol. The number of halogens is 2. The molecular formula is C27H34ClFN2O4S. The monoisotopic (exact) mass is 536 g/mol. The van der Waals surface area contributed by atoms with Crippen LogP contribution >= 0.6 is 11.6 Å². The highest BCUT2D eigenvalue weighted by molar-refractivity contribution is 7.90. The van der Waals surface area contributed by atoms with Crippen molar-refractivity contribution in [1.29, 1.82) is 0 Å². The molecule has 0 radical (unpaired) electrons. The molecule has 0 atom stereocenters. The Kier molecular flexibility index (Phi) is 8.91. The number of hydrogen-bond donors (Lipinski definition) is 1. The quantitative estimate of drug-likeness (QED) is 0.507. The fourth-order valence-electron chi connectivity index (χ4n) is 5.08. The first-order valence-corrected chi connectivity index (χ1v) is 14.9. The van der Waals surface area contributed by atoms with Gasteiger partial charge in [-0.2, -0.15) is 0 Å². The predicted octanol–water partition coefficient (Wildman–Crippen LogP) is 5.10. The Morgan fingerprint density at radius 3 is 2.33 bits per heavy atom. The number of amides is 1. The zero-order chi connectivity index (χ0) is 25.7. The first-order valence-electron chi connectivity index (χ1n) is 12.6. The van der Waals surface area contributed by atoms with Crippen molar-refractivity contribution in [3.05, 3.63) is 58.9 Å². The van der Waals surface area contributed by atoms with Gasteiger partial charge in [0.05, 0.1) is 9.92 Å². The summed E-state index contributed by atoms with van der Waals surface area (Å²) in [4.78, 5) is 15.3. The molecule has 2 aromatic carbocycles. The third-order valence-corrected chi connectivity index (χ3v) is 8.73. The van der Waals surface area contributed by atoms with Gasteiger partial charge in [0.25, 0.3) is 5.91 Å². The van der Waals surface area contributed by atoms with Crippen LogP contribution in [0.2, 0.25) is 5.02 Å². The van der Waals surface area contributed by atoms with Gasteiger partial charge in [0.2, 0.25) is 0 Å². The minimum Gasteiger partial charge on any atom is -0.489 e. The number of ether oxygens (including phenoxy) is 1. The maximum absolute atomic E-state index is 13.2. The Hall–Kier alpha value is -2.16. The molecular weight excluding hydrogens is 503 g/mol. The largest absolute Gasteiger partial charge is 0.489 e. The van der Waals surface area contributed by atoms with Gasteiger partial charge < -0.3 is 15.0 Å². The molecule has 1 aliphatic heterocycles. The molecule has 1 amide bonds. The summed E-state index contributed by atoms with van der Waals surface area (Å²) in [6.45, 7) is 3.03. The molecule has 1 heterocycles. The van der Waals surface area contributed by atoms with Crippen molar-refractivity contribution in [1.82, 2.24) is 10.2 Å². The van der Waals surface area contributed by atoms with Crippen LogP contribution in [-0.2, 0) is 9.84 Å². The number of rotatable bonds is 8. The lowest BCUT2D eigenvalue weighted by Gasteiger charge is -2.34. The summed E-state index contributed by atoms with van der Waals surface area (Å²) < 4.78 is 42.4. The first-order chi connectivity index (χ1) is 17.2. The summed E-state index contributed by atoms with van der Waals surface area (Å²) in [5, 5.41) is 3.42. The molecule has 9 heteroatoms. The number of hydrogen-bond acceptors (Lipinski definition) is 5. The molecule has 0 unspecified atom stereocenters. The number of nitrogens with one attached hydrogen (secondary N) is 1. The van der Waals surface area contributed by atoms with E-state index >= 15 is 0 Å². The van der Waals surface area contributed by atoms with Crippen LogP contribution in [-0.4, -0.2) is 57.3 Å². The number of nitrogens with zero attached hydrogens (tertiary/aromatic N) is 1. The summed E-state index contributed by atoms with van der Waals surface area (Å²) in [6, 6.07) is 10.5. The minimum absolute atomic E-state index is 0.103. The van der Waals surface area contributed by atoms with E-state index in [1.807, 2.05) is 0 Å². The Bertz CT molecular complexity index is 1140. The minimum atomic E-state index is -3.27. The van der Waals surface area contributed by atoms with E-state index in [4.69, 9.17) is 16.3 Å². The van der Waals surface area contributed by atoms with Crippen LogP contribution < -0.4 is 10.1 Å². The van der Waals surface area contributed by atoms with Crippen LogP contribution in [0.25, 0.3) is 0 Å². The van der Waals surface area contributed by atoms with Gasteiger partial charge in [-0.1, -0.05) is 11.6 Å². The lowest BCUT2D eigenvalue weighted by atomic mass is 9.84. The molecule has 36 heavy (non-hydrogen) atoms. The first kappa shape index (κ1) is 26.9. The second-order valence-corrected chi connectivity index (χ2v) is 12.4. The molecule has 1 saturated heterocycles. The van der Waals surface area contributed by atoms with E-state index in [0.717, 1.165) is 70.8 Å². The second kappa shape index (κ2) is 11.9. The van der Waals surface area contributed by atoms with E-state index in [2.05, 4.69) is 10.2 Å². The molecule has 0 spiro atoms. The van der Waals surface area contributed by atoms with Crippen molar-refractivity contribution in [2.75, 3.05) is 25.9 Å². The van der Waals surface area contributed by atoms with E-state index in [9.17, 15) is 17.6 Å². The van der Waals surface area contributed by atoms with Crippen LogP contribution in [0, 0.1) is 11.7 Å².